The summed E-state index contributed by atoms with van der Waals surface area (Å²) in [4.78, 5) is 24.0. The number of benzene rings is 1. The van der Waals surface area contributed by atoms with Crippen LogP contribution in [0.3, 0.4) is 0 Å². The van der Waals surface area contributed by atoms with E-state index >= 15 is 0 Å². The van der Waals surface area contributed by atoms with Crippen molar-refractivity contribution >= 4 is 29.3 Å². The van der Waals surface area contributed by atoms with Gasteiger partial charge in [-0.15, -0.1) is 10.2 Å². The average Bonchev–Trinajstić information content (AvgIpc) is 3.36. The minimum Gasteiger partial charge on any atom is -0.495 e. The monoisotopic (exact) mass is 402 g/mol. The zero-order chi connectivity index (χ0) is 19.9. The molecular weight excluding hydrogens is 384 g/mol. The van der Waals surface area contributed by atoms with Gasteiger partial charge in [0.1, 0.15) is 5.75 Å². The van der Waals surface area contributed by atoms with Crippen molar-refractivity contribution in [3.63, 3.8) is 0 Å². The molecule has 0 radical (unpaired) electrons. The Morgan fingerprint density at radius 3 is 2.82 bits per heavy atom. The van der Waals surface area contributed by atoms with Gasteiger partial charge in [0.2, 0.25) is 11.8 Å². The van der Waals surface area contributed by atoms with Crippen molar-refractivity contribution in [2.24, 2.45) is 0 Å². The Kier molecular flexibility index (Phi) is 6.33. The summed E-state index contributed by atoms with van der Waals surface area (Å²) in [7, 11) is 1.52. The first-order valence-corrected chi connectivity index (χ1v) is 9.25. The predicted molar refractivity (Wildman–Crippen MR) is 102 cm³/mol. The van der Waals surface area contributed by atoms with E-state index in [0.717, 1.165) is 17.3 Å². The molecule has 28 heavy (non-hydrogen) atoms. The van der Waals surface area contributed by atoms with Crippen LogP contribution in [0.4, 0.5) is 5.69 Å². The van der Waals surface area contributed by atoms with Crippen molar-refractivity contribution in [3.8, 4) is 17.4 Å². The fourth-order valence-electron chi connectivity index (χ4n) is 2.24. The molecule has 1 aromatic carbocycles. The molecule has 0 saturated carbocycles. The lowest BCUT2D eigenvalue weighted by molar-refractivity contribution is -0.122. The molecule has 10 heteroatoms. The third-order valence-corrected chi connectivity index (χ3v) is 4.36. The highest BCUT2D eigenvalue weighted by molar-refractivity contribution is 7.99. The maximum atomic E-state index is 12.1. The number of carbonyl (C=O) groups is 2. The van der Waals surface area contributed by atoms with Gasteiger partial charge in [0.05, 0.1) is 31.4 Å². The molecule has 0 spiro atoms. The highest BCUT2D eigenvalue weighted by Gasteiger charge is 2.14. The van der Waals surface area contributed by atoms with Crippen LogP contribution in [0, 0.1) is 6.92 Å². The van der Waals surface area contributed by atoms with Gasteiger partial charge >= 0.3 is 0 Å². The van der Waals surface area contributed by atoms with Gasteiger partial charge in [-0.1, -0.05) is 17.8 Å². The summed E-state index contributed by atoms with van der Waals surface area (Å²) < 4.78 is 15.8. The van der Waals surface area contributed by atoms with Crippen molar-refractivity contribution < 1.29 is 23.2 Å². The normalized spacial score (nSPS) is 10.5. The number of nitrogens with zero attached hydrogens (tertiary/aromatic N) is 2. The quantitative estimate of drug-likeness (QED) is 0.552. The number of methoxy groups -OCH3 is 1. The van der Waals surface area contributed by atoms with Crippen LogP contribution in [-0.2, 0) is 9.59 Å². The van der Waals surface area contributed by atoms with Crippen molar-refractivity contribution in [2.75, 3.05) is 24.7 Å². The lowest BCUT2D eigenvalue weighted by Gasteiger charge is -2.11. The zero-order valence-electron chi connectivity index (χ0n) is 15.2. The predicted octanol–water partition coefficient (Wildman–Crippen LogP) is 2.49. The molecule has 0 atom stereocenters. The fourth-order valence-corrected chi connectivity index (χ4v) is 2.83. The zero-order valence-corrected chi connectivity index (χ0v) is 16.0. The van der Waals surface area contributed by atoms with Gasteiger partial charge in [0, 0.05) is 0 Å². The molecule has 0 aliphatic carbocycles. The summed E-state index contributed by atoms with van der Waals surface area (Å²) in [5.74, 6) is 0.561. The van der Waals surface area contributed by atoms with E-state index in [1.165, 1.54) is 13.4 Å². The highest BCUT2D eigenvalue weighted by atomic mass is 32.2. The maximum Gasteiger partial charge on any atom is 0.284 e. The third-order valence-electron chi connectivity index (χ3n) is 3.54. The smallest absolute Gasteiger partial charge is 0.284 e. The van der Waals surface area contributed by atoms with E-state index in [0.29, 0.717) is 17.2 Å². The molecule has 2 aromatic heterocycles. The van der Waals surface area contributed by atoms with E-state index in [1.54, 1.807) is 24.3 Å². The molecule has 3 rings (SSSR count). The Morgan fingerprint density at radius 2 is 2.07 bits per heavy atom. The number of aryl methyl sites for hydroxylation is 1. The van der Waals surface area contributed by atoms with E-state index in [4.69, 9.17) is 13.6 Å². The first kappa shape index (κ1) is 19.5. The molecule has 0 bridgehead atoms. The average molecular weight is 402 g/mol. The van der Waals surface area contributed by atoms with Gasteiger partial charge in [-0.3, -0.25) is 9.59 Å². The minimum absolute atomic E-state index is 0.0286. The van der Waals surface area contributed by atoms with Crippen LogP contribution in [0.15, 0.2) is 50.7 Å². The SMILES string of the molecule is COc1ccc(C)cc1NC(=O)CNC(=O)CSc1nnc(-c2ccco2)o1. The number of hydrogen-bond donors (Lipinski definition) is 2. The van der Waals surface area contributed by atoms with E-state index < -0.39 is 0 Å². The third kappa shape index (κ3) is 5.13. The van der Waals surface area contributed by atoms with Crippen molar-refractivity contribution in [1.29, 1.82) is 0 Å². The molecule has 0 aliphatic heterocycles. The lowest BCUT2D eigenvalue weighted by atomic mass is 10.2. The van der Waals surface area contributed by atoms with Crippen molar-refractivity contribution in [2.45, 2.75) is 12.1 Å². The molecule has 2 amide bonds. The van der Waals surface area contributed by atoms with Crippen LogP contribution in [0.1, 0.15) is 5.56 Å². The number of anilines is 1. The number of rotatable bonds is 8. The van der Waals surface area contributed by atoms with Gasteiger partial charge in [-0.05, 0) is 36.8 Å². The summed E-state index contributed by atoms with van der Waals surface area (Å²) in [5.41, 5.74) is 1.53. The molecule has 0 saturated heterocycles. The van der Waals surface area contributed by atoms with Crippen LogP contribution in [0.5, 0.6) is 5.75 Å². The Bertz CT molecular complexity index is 955. The molecular formula is C18H18N4O5S. The molecule has 0 unspecified atom stereocenters. The molecule has 0 aliphatic rings. The summed E-state index contributed by atoms with van der Waals surface area (Å²) >= 11 is 1.06. The number of nitrogens with one attached hydrogen (secondary N) is 2. The van der Waals surface area contributed by atoms with E-state index in [-0.39, 0.29) is 35.2 Å². The molecule has 3 aromatic rings. The van der Waals surface area contributed by atoms with Crippen LogP contribution < -0.4 is 15.4 Å². The lowest BCUT2D eigenvalue weighted by Crippen LogP contribution is -2.34. The van der Waals surface area contributed by atoms with Gasteiger partial charge < -0.3 is 24.2 Å². The number of thioether (sulfide) groups is 1. The number of hydrogen-bond acceptors (Lipinski definition) is 8. The molecule has 146 valence electrons. The van der Waals surface area contributed by atoms with Crippen molar-refractivity contribution in [1.82, 2.24) is 15.5 Å². The Morgan fingerprint density at radius 1 is 1.21 bits per heavy atom. The number of ether oxygens (including phenoxy) is 1. The van der Waals surface area contributed by atoms with Crippen molar-refractivity contribution in [3.05, 3.63) is 42.2 Å². The topological polar surface area (TPSA) is 119 Å². The summed E-state index contributed by atoms with van der Waals surface area (Å²) in [6, 6.07) is 8.83. The standard InChI is InChI=1S/C18H18N4O5S/c1-11-5-6-13(25-2)12(8-11)20-15(23)9-19-16(24)10-28-18-22-21-17(27-18)14-4-3-7-26-14/h3-8H,9-10H2,1-2H3,(H,19,24)(H,20,23). The second kappa shape index (κ2) is 9.09. The minimum atomic E-state index is -0.361. The largest absolute Gasteiger partial charge is 0.495 e. The van der Waals surface area contributed by atoms with E-state index in [1.807, 2.05) is 13.0 Å². The fraction of sp³-hybridized carbons (Fsp3) is 0.222. The van der Waals surface area contributed by atoms with E-state index in [9.17, 15) is 9.59 Å². The Hall–Kier alpha value is -3.27. The first-order valence-electron chi connectivity index (χ1n) is 8.26. The number of furan rings is 1. The Labute approximate surface area is 164 Å². The second-order valence-corrected chi connectivity index (χ2v) is 6.59. The van der Waals surface area contributed by atoms with Gasteiger partial charge in [-0.2, -0.15) is 0 Å². The van der Waals surface area contributed by atoms with Crippen LogP contribution in [0.2, 0.25) is 0 Å². The highest BCUT2D eigenvalue weighted by Crippen LogP contribution is 2.25. The van der Waals surface area contributed by atoms with Crippen LogP contribution in [-0.4, -0.2) is 41.4 Å². The maximum absolute atomic E-state index is 12.1. The molecule has 9 nitrogen and oxygen atoms in total. The number of amides is 2. The summed E-state index contributed by atoms with van der Waals surface area (Å²) in [6.45, 7) is 1.74. The summed E-state index contributed by atoms with van der Waals surface area (Å²) in [5, 5.41) is 13.2. The van der Waals surface area contributed by atoms with Gasteiger partial charge in [0.15, 0.2) is 5.76 Å². The second-order valence-electron chi connectivity index (χ2n) is 5.67. The van der Waals surface area contributed by atoms with Crippen LogP contribution >= 0.6 is 11.8 Å². The Balaban J connectivity index is 1.44. The van der Waals surface area contributed by atoms with Gasteiger partial charge in [0.25, 0.3) is 11.1 Å². The van der Waals surface area contributed by atoms with Gasteiger partial charge in [-0.25, -0.2) is 0 Å². The number of carbonyl (C=O) groups excluding carboxylic acids is 2. The van der Waals surface area contributed by atoms with Crippen LogP contribution in [0.25, 0.3) is 11.7 Å². The number of aromatic nitrogens is 2. The first-order chi connectivity index (χ1) is 13.5. The molecule has 2 N–H and O–H groups in total. The van der Waals surface area contributed by atoms with E-state index in [2.05, 4.69) is 20.8 Å². The molecule has 0 fully saturated rings. The summed E-state index contributed by atoms with van der Waals surface area (Å²) in [6.07, 6.45) is 1.50. The molecule has 2 heterocycles.